The molecule has 180 valence electrons. The number of H-pyrrole nitrogens is 1. The van der Waals surface area contributed by atoms with Crippen LogP contribution in [0.4, 0.5) is 0 Å². The topological polar surface area (TPSA) is 44.0 Å². The van der Waals surface area contributed by atoms with Gasteiger partial charge in [-0.05, 0) is 38.8 Å². The van der Waals surface area contributed by atoms with Gasteiger partial charge in [0.05, 0.1) is 11.2 Å². The lowest BCUT2D eigenvalue weighted by molar-refractivity contribution is 0.0673. The normalized spacial score (nSPS) is 16.4. The average molecular weight is 465 g/mol. The van der Waals surface area contributed by atoms with Gasteiger partial charge < -0.3 is 10.3 Å². The Morgan fingerprint density at radius 1 is 0.771 bits per heavy atom. The Morgan fingerprint density at radius 3 is 1.86 bits per heavy atom. The number of aromatic amines is 1. The van der Waals surface area contributed by atoms with Crippen LogP contribution in [-0.2, 0) is 5.54 Å². The molecule has 2 heterocycles. The summed E-state index contributed by atoms with van der Waals surface area (Å²) in [6.45, 7) is 12.8. The number of hydrogen-bond donors (Lipinski definition) is 2. The maximum atomic E-state index is 5.32. The highest BCUT2D eigenvalue weighted by molar-refractivity contribution is 5.56. The molecule has 4 aromatic rings. The molecule has 1 aliphatic heterocycles. The zero-order valence-corrected chi connectivity index (χ0v) is 21.3. The third-order valence-corrected chi connectivity index (χ3v) is 7.57. The molecule has 0 spiro atoms. The SMILES string of the molecule is Cc1ccc(C(c2ccc(C)cc2)C(C)(c2nc(-c3ccccc3)[nH]c2C)N2CCNCC2)cc1. The molecular formula is C31H36N4. The van der Waals surface area contributed by atoms with E-state index in [2.05, 4.69) is 122 Å². The van der Waals surface area contributed by atoms with Crippen LogP contribution in [0.2, 0.25) is 0 Å². The van der Waals surface area contributed by atoms with Crippen LogP contribution >= 0.6 is 0 Å². The van der Waals surface area contributed by atoms with Gasteiger partial charge in [0.25, 0.3) is 0 Å². The number of nitrogens with one attached hydrogen (secondary N) is 2. The van der Waals surface area contributed by atoms with Crippen LogP contribution < -0.4 is 5.32 Å². The summed E-state index contributed by atoms with van der Waals surface area (Å²) in [4.78, 5) is 11.6. The summed E-state index contributed by atoms with van der Waals surface area (Å²) >= 11 is 0. The molecular weight excluding hydrogens is 428 g/mol. The number of aromatic nitrogens is 2. The van der Waals surface area contributed by atoms with Gasteiger partial charge in [-0.3, -0.25) is 4.90 Å². The third kappa shape index (κ3) is 4.56. The van der Waals surface area contributed by atoms with E-state index in [4.69, 9.17) is 4.98 Å². The van der Waals surface area contributed by atoms with Crippen molar-refractivity contribution in [3.8, 4) is 11.4 Å². The van der Waals surface area contributed by atoms with E-state index in [1.165, 1.54) is 22.3 Å². The summed E-state index contributed by atoms with van der Waals surface area (Å²) < 4.78 is 0. The van der Waals surface area contributed by atoms with Crippen molar-refractivity contribution in [3.63, 3.8) is 0 Å². The highest BCUT2D eigenvalue weighted by Gasteiger charge is 2.46. The van der Waals surface area contributed by atoms with Gasteiger partial charge in [-0.25, -0.2) is 4.98 Å². The monoisotopic (exact) mass is 464 g/mol. The summed E-state index contributed by atoms with van der Waals surface area (Å²) in [5.41, 5.74) is 8.25. The maximum absolute atomic E-state index is 5.32. The molecule has 35 heavy (non-hydrogen) atoms. The molecule has 1 aromatic heterocycles. The van der Waals surface area contributed by atoms with E-state index in [1.807, 2.05) is 0 Å². The molecule has 1 saturated heterocycles. The van der Waals surface area contributed by atoms with Gasteiger partial charge in [-0.1, -0.05) is 90.0 Å². The molecule has 3 aromatic carbocycles. The molecule has 0 bridgehead atoms. The first-order chi connectivity index (χ1) is 17.0. The molecule has 1 atom stereocenters. The van der Waals surface area contributed by atoms with Crippen molar-refractivity contribution in [3.05, 3.63) is 113 Å². The molecule has 1 unspecified atom stereocenters. The Bertz CT molecular complexity index is 1210. The zero-order chi connectivity index (χ0) is 24.4. The summed E-state index contributed by atoms with van der Waals surface area (Å²) in [5.74, 6) is 1.07. The lowest BCUT2D eigenvalue weighted by Crippen LogP contribution is -2.56. The largest absolute Gasteiger partial charge is 0.342 e. The minimum absolute atomic E-state index is 0.132. The van der Waals surface area contributed by atoms with E-state index in [1.54, 1.807) is 0 Å². The average Bonchev–Trinajstić information content (AvgIpc) is 3.29. The summed E-state index contributed by atoms with van der Waals surface area (Å²) in [7, 11) is 0. The number of nitrogens with zero attached hydrogens (tertiary/aromatic N) is 2. The fourth-order valence-electron chi connectivity index (χ4n) is 5.64. The Kier molecular flexibility index (Phi) is 6.59. The minimum Gasteiger partial charge on any atom is -0.342 e. The van der Waals surface area contributed by atoms with Crippen LogP contribution in [0.1, 0.15) is 46.5 Å². The lowest BCUT2D eigenvalue weighted by Gasteiger charge is -2.48. The molecule has 0 radical (unpaired) electrons. The zero-order valence-electron chi connectivity index (χ0n) is 21.3. The highest BCUT2D eigenvalue weighted by atomic mass is 15.3. The molecule has 0 aliphatic carbocycles. The number of piperazine rings is 1. The van der Waals surface area contributed by atoms with Crippen LogP contribution in [0.25, 0.3) is 11.4 Å². The number of hydrogen-bond acceptors (Lipinski definition) is 3. The van der Waals surface area contributed by atoms with Crippen LogP contribution in [0.5, 0.6) is 0 Å². The van der Waals surface area contributed by atoms with Crippen molar-refractivity contribution in [1.29, 1.82) is 0 Å². The first-order valence-corrected chi connectivity index (χ1v) is 12.7. The van der Waals surface area contributed by atoms with E-state index in [9.17, 15) is 0 Å². The molecule has 4 nitrogen and oxygen atoms in total. The van der Waals surface area contributed by atoms with Crippen molar-refractivity contribution in [2.24, 2.45) is 0 Å². The van der Waals surface area contributed by atoms with Crippen LogP contribution in [0, 0.1) is 20.8 Å². The van der Waals surface area contributed by atoms with Gasteiger partial charge in [0, 0.05) is 43.4 Å². The van der Waals surface area contributed by atoms with Gasteiger partial charge in [0.15, 0.2) is 0 Å². The van der Waals surface area contributed by atoms with Crippen LogP contribution in [0.15, 0.2) is 78.9 Å². The Labute approximate surface area is 209 Å². The second-order valence-corrected chi connectivity index (χ2v) is 10.1. The Hall–Kier alpha value is -3.21. The molecule has 2 N–H and O–H groups in total. The quantitative estimate of drug-likeness (QED) is 0.370. The number of benzene rings is 3. The predicted molar refractivity (Wildman–Crippen MR) is 145 cm³/mol. The first-order valence-electron chi connectivity index (χ1n) is 12.7. The van der Waals surface area contributed by atoms with E-state index in [0.29, 0.717) is 0 Å². The summed E-state index contributed by atoms with van der Waals surface area (Å²) in [6.07, 6.45) is 0. The summed E-state index contributed by atoms with van der Waals surface area (Å²) in [5, 5.41) is 3.55. The maximum Gasteiger partial charge on any atom is 0.137 e. The molecule has 5 rings (SSSR count). The van der Waals surface area contributed by atoms with Crippen molar-refractivity contribution in [1.82, 2.24) is 20.2 Å². The summed E-state index contributed by atoms with van der Waals surface area (Å²) in [6, 6.07) is 28.6. The van der Waals surface area contributed by atoms with E-state index in [0.717, 1.165) is 49.0 Å². The smallest absolute Gasteiger partial charge is 0.137 e. The fraction of sp³-hybridized carbons (Fsp3) is 0.323. The van der Waals surface area contributed by atoms with Crippen LogP contribution in [-0.4, -0.2) is 41.0 Å². The van der Waals surface area contributed by atoms with E-state index in [-0.39, 0.29) is 11.5 Å². The van der Waals surface area contributed by atoms with Crippen molar-refractivity contribution in [2.75, 3.05) is 26.2 Å². The molecule has 4 heteroatoms. The Morgan fingerprint density at radius 2 is 1.31 bits per heavy atom. The van der Waals surface area contributed by atoms with Gasteiger partial charge in [0.1, 0.15) is 5.82 Å². The molecule has 0 saturated carbocycles. The second kappa shape index (κ2) is 9.80. The molecule has 0 amide bonds. The second-order valence-electron chi connectivity index (χ2n) is 10.1. The number of rotatable bonds is 6. The van der Waals surface area contributed by atoms with Crippen LogP contribution in [0.3, 0.4) is 0 Å². The van der Waals surface area contributed by atoms with Crippen molar-refractivity contribution in [2.45, 2.75) is 39.2 Å². The van der Waals surface area contributed by atoms with Crippen molar-refractivity contribution < 1.29 is 0 Å². The van der Waals surface area contributed by atoms with Gasteiger partial charge in [0.2, 0.25) is 0 Å². The van der Waals surface area contributed by atoms with E-state index >= 15 is 0 Å². The van der Waals surface area contributed by atoms with Gasteiger partial charge >= 0.3 is 0 Å². The lowest BCUT2D eigenvalue weighted by atomic mass is 9.72. The van der Waals surface area contributed by atoms with Gasteiger partial charge in [-0.2, -0.15) is 0 Å². The molecule has 1 aliphatic rings. The predicted octanol–water partition coefficient (Wildman–Crippen LogP) is 5.95. The number of aryl methyl sites for hydroxylation is 3. The minimum atomic E-state index is -0.333. The van der Waals surface area contributed by atoms with Gasteiger partial charge in [-0.15, -0.1) is 0 Å². The fourth-order valence-corrected chi connectivity index (χ4v) is 5.64. The van der Waals surface area contributed by atoms with Crippen molar-refractivity contribution >= 4 is 0 Å². The number of imidazole rings is 1. The standard InChI is InChI=1S/C31H36N4/c1-22-10-14-25(15-11-22)28(26-16-12-23(2)13-17-26)31(4,35-20-18-32-19-21-35)29-24(3)33-30(34-29)27-8-6-5-7-9-27/h5-17,28,32H,18-21H2,1-4H3,(H,33,34). The Balaban J connectivity index is 1.73. The van der Waals surface area contributed by atoms with E-state index < -0.39 is 0 Å². The third-order valence-electron chi connectivity index (χ3n) is 7.57. The first kappa shape index (κ1) is 23.5. The highest BCUT2D eigenvalue weighted by Crippen LogP contribution is 2.47. The molecule has 1 fully saturated rings.